The van der Waals surface area contributed by atoms with Gasteiger partial charge in [0.15, 0.2) is 0 Å². The molecule has 68 heavy (non-hydrogen) atoms. The molecular formula is C64H56N4. The monoisotopic (exact) mass is 880 g/mol. The van der Waals surface area contributed by atoms with Gasteiger partial charge in [-0.25, -0.2) is 0 Å². The van der Waals surface area contributed by atoms with Gasteiger partial charge in [-0.15, -0.1) is 0 Å². The number of benzene rings is 10. The number of rotatable bonds is 12. The lowest BCUT2D eigenvalue weighted by Gasteiger charge is -2.31. The predicted octanol–water partition coefficient (Wildman–Crippen LogP) is 18.6. The van der Waals surface area contributed by atoms with Crippen LogP contribution in [0.15, 0.2) is 231 Å². The topological polar surface area (TPSA) is 13.0 Å². The second-order valence-electron chi connectivity index (χ2n) is 18.0. The van der Waals surface area contributed by atoms with Gasteiger partial charge in [0.2, 0.25) is 0 Å². The number of aryl methyl sites for hydroxylation is 6. The van der Waals surface area contributed by atoms with Crippen LogP contribution in [0.25, 0.3) is 10.8 Å². The van der Waals surface area contributed by atoms with Crippen molar-refractivity contribution in [2.45, 2.75) is 41.5 Å². The Morgan fingerprint density at radius 2 is 0.338 bits per heavy atom. The van der Waals surface area contributed by atoms with Crippen molar-refractivity contribution in [3.63, 3.8) is 0 Å². The molecule has 0 aliphatic heterocycles. The average molecular weight is 881 g/mol. The summed E-state index contributed by atoms with van der Waals surface area (Å²) in [6.07, 6.45) is 0. The van der Waals surface area contributed by atoms with Crippen LogP contribution in [-0.4, -0.2) is 0 Å². The highest BCUT2D eigenvalue weighted by Gasteiger charge is 2.22. The zero-order chi connectivity index (χ0) is 46.7. The Balaban J connectivity index is 1.08. The van der Waals surface area contributed by atoms with Crippen molar-refractivity contribution in [3.05, 3.63) is 264 Å². The second-order valence-corrected chi connectivity index (χ2v) is 18.0. The first-order valence-electron chi connectivity index (χ1n) is 23.5. The Morgan fingerprint density at radius 1 is 0.176 bits per heavy atom. The molecule has 0 unspecified atom stereocenters. The van der Waals surface area contributed by atoms with Gasteiger partial charge in [0.05, 0.1) is 11.4 Å². The summed E-state index contributed by atoms with van der Waals surface area (Å²) < 4.78 is 0. The van der Waals surface area contributed by atoms with Gasteiger partial charge in [0.1, 0.15) is 0 Å². The summed E-state index contributed by atoms with van der Waals surface area (Å²) in [7, 11) is 0. The first kappa shape index (κ1) is 43.5. The first-order chi connectivity index (χ1) is 33.2. The Morgan fingerprint density at radius 3 is 0.529 bits per heavy atom. The van der Waals surface area contributed by atoms with Crippen molar-refractivity contribution >= 4 is 79.0 Å². The van der Waals surface area contributed by atoms with Crippen molar-refractivity contribution in [1.29, 1.82) is 0 Å². The van der Waals surface area contributed by atoms with Crippen LogP contribution in [0, 0.1) is 41.5 Å². The molecule has 0 saturated heterocycles. The molecule has 0 fully saturated rings. The van der Waals surface area contributed by atoms with E-state index in [-0.39, 0.29) is 0 Å². The van der Waals surface area contributed by atoms with Gasteiger partial charge in [-0.05, 0) is 175 Å². The van der Waals surface area contributed by atoms with Crippen LogP contribution in [0.2, 0.25) is 0 Å². The molecule has 0 aliphatic rings. The molecule has 4 nitrogen and oxygen atoms in total. The summed E-state index contributed by atoms with van der Waals surface area (Å²) in [4.78, 5) is 9.45. The standard InChI is InChI=1S/C64H56N4/c1-45-11-23-51(24-12-45)65(52-25-13-46(2)14-26-52)55-35-39-59(40-36-55)67(57-31-19-49(5)20-32-57)63-43-44-64(62-10-8-7-9-61(62)63)68(58-33-21-50(6)22-34-58)60-41-37-56(38-42-60)66(53-27-15-47(3)16-28-53)54-29-17-48(4)18-30-54/h7-44H,1-6H3. The van der Waals surface area contributed by atoms with Gasteiger partial charge in [0, 0.05) is 67.6 Å². The summed E-state index contributed by atoms with van der Waals surface area (Å²) in [6.45, 7) is 12.8. The highest BCUT2D eigenvalue weighted by atomic mass is 15.2. The van der Waals surface area contributed by atoms with E-state index in [4.69, 9.17) is 0 Å². The van der Waals surface area contributed by atoms with Crippen molar-refractivity contribution in [2.24, 2.45) is 0 Å². The Bertz CT molecular complexity index is 2970. The smallest absolute Gasteiger partial charge is 0.0541 e. The van der Waals surface area contributed by atoms with E-state index in [9.17, 15) is 0 Å². The Hall–Kier alpha value is -8.34. The minimum atomic E-state index is 1.07. The van der Waals surface area contributed by atoms with Gasteiger partial charge >= 0.3 is 0 Å². The maximum Gasteiger partial charge on any atom is 0.0541 e. The summed E-state index contributed by atoms with van der Waals surface area (Å²) in [5.41, 5.74) is 20.5. The lowest BCUT2D eigenvalue weighted by molar-refractivity contribution is 1.24. The summed E-state index contributed by atoms with van der Waals surface area (Å²) in [5, 5.41) is 2.29. The van der Waals surface area contributed by atoms with Crippen molar-refractivity contribution in [1.82, 2.24) is 0 Å². The number of nitrogens with zero attached hydrogens (tertiary/aromatic N) is 4. The van der Waals surface area contributed by atoms with Crippen LogP contribution in [0.3, 0.4) is 0 Å². The Labute approximate surface area is 402 Å². The van der Waals surface area contributed by atoms with Crippen LogP contribution in [-0.2, 0) is 0 Å². The molecule has 0 saturated carbocycles. The maximum absolute atomic E-state index is 2.40. The molecule has 0 amide bonds. The molecule has 4 heteroatoms. The minimum Gasteiger partial charge on any atom is -0.311 e. The third-order valence-electron chi connectivity index (χ3n) is 12.8. The quantitative estimate of drug-likeness (QED) is 0.121. The molecule has 0 aliphatic carbocycles. The van der Waals surface area contributed by atoms with Gasteiger partial charge in [-0.3, -0.25) is 0 Å². The lowest BCUT2D eigenvalue weighted by atomic mass is 10.0. The van der Waals surface area contributed by atoms with Crippen LogP contribution >= 0.6 is 0 Å². The number of fused-ring (bicyclic) bond motifs is 1. The zero-order valence-corrected chi connectivity index (χ0v) is 39.7. The Kier molecular flexibility index (Phi) is 12.1. The highest BCUT2D eigenvalue weighted by molar-refractivity contribution is 6.07. The molecule has 0 radical (unpaired) electrons. The lowest BCUT2D eigenvalue weighted by Crippen LogP contribution is -2.14. The van der Waals surface area contributed by atoms with E-state index in [1.165, 1.54) is 33.4 Å². The van der Waals surface area contributed by atoms with Gasteiger partial charge in [-0.1, -0.05) is 130 Å². The predicted molar refractivity (Wildman–Crippen MR) is 291 cm³/mol. The molecule has 0 bridgehead atoms. The number of hydrogen-bond donors (Lipinski definition) is 0. The van der Waals surface area contributed by atoms with Gasteiger partial charge < -0.3 is 19.6 Å². The molecule has 332 valence electrons. The summed E-state index contributed by atoms with van der Waals surface area (Å²) in [6, 6.07) is 84.2. The van der Waals surface area contributed by atoms with Crippen LogP contribution in [0.5, 0.6) is 0 Å². The van der Waals surface area contributed by atoms with Crippen molar-refractivity contribution in [2.75, 3.05) is 19.6 Å². The molecule has 10 aromatic rings. The van der Waals surface area contributed by atoms with E-state index in [0.29, 0.717) is 0 Å². The molecule has 0 spiro atoms. The highest BCUT2D eigenvalue weighted by Crippen LogP contribution is 2.47. The maximum atomic E-state index is 2.40. The van der Waals surface area contributed by atoms with Gasteiger partial charge in [0.25, 0.3) is 0 Å². The van der Waals surface area contributed by atoms with Crippen molar-refractivity contribution < 1.29 is 0 Å². The van der Waals surface area contributed by atoms with E-state index in [2.05, 4.69) is 292 Å². The molecule has 0 atom stereocenters. The fourth-order valence-electron chi connectivity index (χ4n) is 9.07. The number of anilines is 12. The average Bonchev–Trinajstić information content (AvgIpc) is 3.37. The largest absolute Gasteiger partial charge is 0.311 e. The van der Waals surface area contributed by atoms with E-state index >= 15 is 0 Å². The normalized spacial score (nSPS) is 11.1. The van der Waals surface area contributed by atoms with Gasteiger partial charge in [-0.2, -0.15) is 0 Å². The third-order valence-corrected chi connectivity index (χ3v) is 12.8. The van der Waals surface area contributed by atoms with Crippen molar-refractivity contribution in [3.8, 4) is 0 Å². The third kappa shape index (κ3) is 8.97. The molecule has 0 aromatic heterocycles. The molecule has 0 heterocycles. The van der Waals surface area contributed by atoms with E-state index < -0.39 is 0 Å². The van der Waals surface area contributed by atoms with Crippen LogP contribution in [0.4, 0.5) is 68.2 Å². The number of hydrogen-bond acceptors (Lipinski definition) is 4. The second kappa shape index (κ2) is 18.9. The molecule has 10 rings (SSSR count). The fourth-order valence-corrected chi connectivity index (χ4v) is 9.07. The molecule has 0 N–H and O–H groups in total. The summed E-state index contributed by atoms with van der Waals surface area (Å²) in [5.74, 6) is 0. The minimum absolute atomic E-state index is 1.07. The summed E-state index contributed by atoms with van der Waals surface area (Å²) >= 11 is 0. The van der Waals surface area contributed by atoms with E-state index in [1.54, 1.807) is 0 Å². The van der Waals surface area contributed by atoms with Crippen LogP contribution in [0.1, 0.15) is 33.4 Å². The molecule has 10 aromatic carbocycles. The zero-order valence-electron chi connectivity index (χ0n) is 39.7. The van der Waals surface area contributed by atoms with E-state index in [1.807, 2.05) is 0 Å². The fraction of sp³-hybridized carbons (Fsp3) is 0.0938. The first-order valence-corrected chi connectivity index (χ1v) is 23.5. The molecular weight excluding hydrogens is 825 g/mol. The SMILES string of the molecule is Cc1ccc(N(c2ccc(C)cc2)c2ccc(N(c3ccc(C)cc3)c3ccc(N(c4ccc(C)cc4)c4ccc(N(c5ccc(C)cc5)c5ccc(C)cc5)cc4)c4ccccc34)cc2)cc1. The van der Waals surface area contributed by atoms with Crippen LogP contribution < -0.4 is 19.6 Å². The van der Waals surface area contributed by atoms with E-state index in [0.717, 1.165) is 79.0 Å².